The van der Waals surface area contributed by atoms with Gasteiger partial charge in [-0.15, -0.1) is 11.3 Å². The molecule has 3 aromatic rings. The fourth-order valence-electron chi connectivity index (χ4n) is 2.53. The maximum atomic E-state index is 11.8. The van der Waals surface area contributed by atoms with E-state index in [9.17, 15) is 4.79 Å². The van der Waals surface area contributed by atoms with Crippen molar-refractivity contribution in [2.24, 2.45) is 0 Å². The van der Waals surface area contributed by atoms with Gasteiger partial charge in [0.1, 0.15) is 12.4 Å². The minimum atomic E-state index is -0.190. The molecule has 0 radical (unpaired) electrons. The smallest absolute Gasteiger partial charge is 0.244 e. The van der Waals surface area contributed by atoms with Gasteiger partial charge in [0.25, 0.3) is 0 Å². The van der Waals surface area contributed by atoms with E-state index in [0.717, 1.165) is 26.5 Å². The Morgan fingerprint density at radius 3 is 2.86 bits per heavy atom. The highest BCUT2D eigenvalue weighted by Crippen LogP contribution is 2.35. The third kappa shape index (κ3) is 6.04. The molecule has 3 rings (SSSR count). The number of nitrogens with one attached hydrogen (secondary N) is 1. The maximum absolute atomic E-state index is 11.8. The molecular formula is C23H21ClN2O2S. The number of hydrogen-bond acceptors (Lipinski definition) is 4. The van der Waals surface area contributed by atoms with E-state index in [2.05, 4.69) is 29.0 Å². The summed E-state index contributed by atoms with van der Waals surface area (Å²) in [7, 11) is 0. The Labute approximate surface area is 179 Å². The molecule has 0 spiro atoms. The van der Waals surface area contributed by atoms with E-state index in [-0.39, 0.29) is 5.91 Å². The number of benzene rings is 1. The third-order valence-electron chi connectivity index (χ3n) is 4.01. The number of hydrogen-bond donors (Lipinski definition) is 1. The van der Waals surface area contributed by atoms with E-state index < -0.39 is 0 Å². The average molecular weight is 425 g/mol. The molecule has 6 heteroatoms. The molecule has 4 nitrogen and oxygen atoms in total. The molecule has 148 valence electrons. The number of rotatable bonds is 8. The summed E-state index contributed by atoms with van der Waals surface area (Å²) in [6.45, 7) is 6.67. The lowest BCUT2D eigenvalue weighted by atomic mass is 10.2. The summed E-state index contributed by atoms with van der Waals surface area (Å²) < 4.78 is 5.69. The molecule has 29 heavy (non-hydrogen) atoms. The average Bonchev–Trinajstić information content (AvgIpc) is 3.22. The molecule has 0 unspecified atom stereocenters. The monoisotopic (exact) mass is 424 g/mol. The number of carbonyl (C=O) groups is 1. The van der Waals surface area contributed by atoms with Gasteiger partial charge in [-0.3, -0.25) is 9.78 Å². The van der Waals surface area contributed by atoms with Gasteiger partial charge in [-0.2, -0.15) is 0 Å². The third-order valence-corrected chi connectivity index (χ3v) is 5.60. The lowest BCUT2D eigenvalue weighted by molar-refractivity contribution is -0.116. The Hall–Kier alpha value is -2.89. The number of aromatic nitrogens is 1. The van der Waals surface area contributed by atoms with Gasteiger partial charge in [0.15, 0.2) is 0 Å². The Kier molecular flexibility index (Phi) is 7.22. The number of allylic oxidation sites excluding steroid dienone is 1. The molecular weight excluding hydrogens is 404 g/mol. The molecule has 1 N–H and O–H groups in total. The number of amides is 1. The molecule has 0 aliphatic heterocycles. The molecule has 0 fully saturated rings. The van der Waals surface area contributed by atoms with Crippen LogP contribution in [0.1, 0.15) is 17.4 Å². The van der Waals surface area contributed by atoms with Crippen molar-refractivity contribution in [1.82, 2.24) is 10.3 Å². The van der Waals surface area contributed by atoms with Gasteiger partial charge in [0, 0.05) is 28.2 Å². The number of thiophene rings is 1. The van der Waals surface area contributed by atoms with Crippen LogP contribution in [-0.4, -0.2) is 24.0 Å². The second-order valence-electron chi connectivity index (χ2n) is 6.35. The van der Waals surface area contributed by atoms with Gasteiger partial charge in [-0.25, -0.2) is 0 Å². The van der Waals surface area contributed by atoms with Crippen molar-refractivity contribution < 1.29 is 9.53 Å². The lowest BCUT2D eigenvalue weighted by Crippen LogP contribution is -2.26. The van der Waals surface area contributed by atoms with Crippen molar-refractivity contribution in [3.63, 3.8) is 0 Å². The Morgan fingerprint density at radius 1 is 1.31 bits per heavy atom. The van der Waals surface area contributed by atoms with E-state index in [1.165, 1.54) is 6.08 Å². The molecule has 0 saturated carbocycles. The van der Waals surface area contributed by atoms with Gasteiger partial charge >= 0.3 is 0 Å². The van der Waals surface area contributed by atoms with E-state index in [1.54, 1.807) is 29.8 Å². The predicted octanol–water partition coefficient (Wildman–Crippen LogP) is 5.71. The molecule has 0 aliphatic rings. The van der Waals surface area contributed by atoms with Crippen LogP contribution in [0.2, 0.25) is 5.02 Å². The van der Waals surface area contributed by atoms with Crippen molar-refractivity contribution in [1.29, 1.82) is 0 Å². The van der Waals surface area contributed by atoms with Gasteiger partial charge in [0.2, 0.25) is 5.91 Å². The largest absolute Gasteiger partial charge is 0.490 e. The normalized spacial score (nSPS) is 10.8. The van der Waals surface area contributed by atoms with Crippen LogP contribution >= 0.6 is 22.9 Å². The quantitative estimate of drug-likeness (QED) is 0.372. The Bertz CT molecular complexity index is 1030. The van der Waals surface area contributed by atoms with Crippen LogP contribution in [-0.2, 0) is 4.79 Å². The first-order chi connectivity index (χ1) is 14.0. The second kappa shape index (κ2) is 10.0. The van der Waals surface area contributed by atoms with Gasteiger partial charge in [-0.05, 0) is 66.1 Å². The van der Waals surface area contributed by atoms with Crippen LogP contribution in [0.3, 0.4) is 0 Å². The Balaban J connectivity index is 1.48. The van der Waals surface area contributed by atoms with Crippen LogP contribution < -0.4 is 10.1 Å². The number of halogens is 1. The summed E-state index contributed by atoms with van der Waals surface area (Å²) in [5.74, 6) is 0.400. The zero-order valence-electron chi connectivity index (χ0n) is 16.0. The van der Waals surface area contributed by atoms with E-state index in [1.807, 2.05) is 37.3 Å². The van der Waals surface area contributed by atoms with E-state index in [4.69, 9.17) is 16.3 Å². The zero-order chi connectivity index (χ0) is 20.6. The highest BCUT2D eigenvalue weighted by atomic mass is 35.5. The molecule has 0 saturated heterocycles. The number of pyridine rings is 1. The second-order valence-corrected chi connectivity index (χ2v) is 7.84. The summed E-state index contributed by atoms with van der Waals surface area (Å²) in [5.41, 5.74) is 2.95. The predicted molar refractivity (Wildman–Crippen MR) is 121 cm³/mol. The first-order valence-electron chi connectivity index (χ1n) is 9.07. The SMILES string of the molecule is C=C(C)c1ccc(-c2ccc(OCCNC(=O)/C=C/c3cccnc3)c(Cl)c2)s1. The Morgan fingerprint density at radius 2 is 2.17 bits per heavy atom. The topological polar surface area (TPSA) is 51.2 Å². The van der Waals surface area contributed by atoms with Crippen LogP contribution in [0.15, 0.2) is 67.5 Å². The number of ether oxygens (including phenoxy) is 1. The first-order valence-corrected chi connectivity index (χ1v) is 10.3. The van der Waals surface area contributed by atoms with Crippen LogP contribution in [0, 0.1) is 0 Å². The summed E-state index contributed by atoms with van der Waals surface area (Å²) in [5, 5.41) is 3.31. The van der Waals surface area contributed by atoms with Gasteiger partial charge < -0.3 is 10.1 Å². The summed E-state index contributed by atoms with van der Waals surface area (Å²) in [6.07, 6.45) is 6.56. The van der Waals surface area contributed by atoms with Crippen molar-refractivity contribution in [3.05, 3.63) is 83.0 Å². The van der Waals surface area contributed by atoms with Crippen molar-refractivity contribution in [2.45, 2.75) is 6.92 Å². The minimum absolute atomic E-state index is 0.190. The maximum Gasteiger partial charge on any atom is 0.244 e. The minimum Gasteiger partial charge on any atom is -0.490 e. The molecule has 0 aliphatic carbocycles. The van der Waals surface area contributed by atoms with E-state index >= 15 is 0 Å². The highest BCUT2D eigenvalue weighted by molar-refractivity contribution is 7.16. The molecule has 0 bridgehead atoms. The standard InChI is InChI=1S/C23H21ClN2O2S/c1-16(2)21-8-9-22(29-21)18-6-7-20(19(24)14-18)28-13-12-26-23(27)10-5-17-4-3-11-25-15-17/h3-11,14-15H,1,12-13H2,2H3,(H,26,27)/b10-5+. The lowest BCUT2D eigenvalue weighted by Gasteiger charge is -2.09. The van der Waals surface area contributed by atoms with Crippen LogP contribution in [0.4, 0.5) is 0 Å². The van der Waals surface area contributed by atoms with Crippen molar-refractivity contribution >= 4 is 40.5 Å². The fourth-order valence-corrected chi connectivity index (χ4v) is 3.70. The van der Waals surface area contributed by atoms with E-state index in [0.29, 0.717) is 23.9 Å². The number of nitrogens with zero attached hydrogens (tertiary/aromatic N) is 1. The summed E-state index contributed by atoms with van der Waals surface area (Å²) >= 11 is 8.04. The zero-order valence-corrected chi connectivity index (χ0v) is 17.6. The van der Waals surface area contributed by atoms with Crippen molar-refractivity contribution in [2.75, 3.05) is 13.2 Å². The molecule has 1 amide bonds. The molecule has 2 heterocycles. The van der Waals surface area contributed by atoms with Crippen molar-refractivity contribution in [3.8, 4) is 16.2 Å². The van der Waals surface area contributed by atoms with Crippen LogP contribution in [0.5, 0.6) is 5.75 Å². The fraction of sp³-hybridized carbons (Fsp3) is 0.130. The van der Waals surface area contributed by atoms with Gasteiger partial charge in [0.05, 0.1) is 11.6 Å². The van der Waals surface area contributed by atoms with Gasteiger partial charge in [-0.1, -0.05) is 24.2 Å². The highest BCUT2D eigenvalue weighted by Gasteiger charge is 2.08. The first kappa shape index (κ1) is 20.8. The number of carbonyl (C=O) groups excluding carboxylic acids is 1. The summed E-state index contributed by atoms with van der Waals surface area (Å²) in [4.78, 5) is 18.1. The molecule has 1 aromatic carbocycles. The van der Waals surface area contributed by atoms with Crippen LogP contribution in [0.25, 0.3) is 22.1 Å². The summed E-state index contributed by atoms with van der Waals surface area (Å²) in [6, 6.07) is 13.5. The molecule has 2 aromatic heterocycles. The molecule has 0 atom stereocenters.